The van der Waals surface area contributed by atoms with Crippen molar-refractivity contribution in [1.82, 2.24) is 4.98 Å². The van der Waals surface area contributed by atoms with Crippen molar-refractivity contribution >= 4 is 0 Å². The van der Waals surface area contributed by atoms with Crippen molar-refractivity contribution in [2.24, 2.45) is 7.05 Å². The van der Waals surface area contributed by atoms with E-state index in [1.54, 1.807) is 0 Å². The number of aromatic nitrogens is 2. The van der Waals surface area contributed by atoms with Gasteiger partial charge in [-0.1, -0.05) is 6.07 Å². The van der Waals surface area contributed by atoms with Gasteiger partial charge in [0, 0.05) is 18.3 Å². The van der Waals surface area contributed by atoms with Crippen LogP contribution < -0.4 is 28.5 Å². The highest BCUT2D eigenvalue weighted by molar-refractivity contribution is 5.49. The quantitative estimate of drug-likeness (QED) is 0.466. The molecule has 0 aliphatic carbocycles. The smallest absolute Gasteiger partial charge is 0.230 e. The lowest BCUT2D eigenvalue weighted by molar-refractivity contribution is -0.660. The molecule has 2 nitrogen and oxygen atoms in total. The van der Waals surface area contributed by atoms with E-state index in [-0.39, 0.29) is 24.0 Å². The minimum atomic E-state index is 0. The summed E-state index contributed by atoms with van der Waals surface area (Å²) < 4.78 is 2.06. The molecule has 2 heterocycles. The maximum atomic E-state index is 4.29. The van der Waals surface area contributed by atoms with Gasteiger partial charge in [0.1, 0.15) is 12.7 Å². The molecule has 3 heteroatoms. The topological polar surface area (TPSA) is 16.8 Å². The first-order valence-corrected chi connectivity index (χ1v) is 4.24. The predicted molar refractivity (Wildman–Crippen MR) is 50.8 cm³/mol. The summed E-state index contributed by atoms with van der Waals surface area (Å²) in [5.41, 5.74) is 2.13. The van der Waals surface area contributed by atoms with Crippen LogP contribution in [0.3, 0.4) is 0 Å². The molecule has 0 aliphatic rings. The fourth-order valence-corrected chi connectivity index (χ4v) is 1.30. The van der Waals surface area contributed by atoms with Gasteiger partial charge in [-0.15, -0.1) is 0 Å². The molecule has 0 aliphatic heterocycles. The summed E-state index contributed by atoms with van der Waals surface area (Å²) in [4.78, 5) is 4.29. The summed E-state index contributed by atoms with van der Waals surface area (Å²) in [6.45, 7) is 0. The van der Waals surface area contributed by atoms with Gasteiger partial charge in [-0.05, 0) is 18.2 Å². The van der Waals surface area contributed by atoms with Crippen LogP contribution in [-0.4, -0.2) is 4.98 Å². The van der Waals surface area contributed by atoms with Crippen LogP contribution in [0.4, 0.5) is 0 Å². The molecule has 0 atom stereocenters. The molecule has 2 aromatic rings. The summed E-state index contributed by atoms with van der Waals surface area (Å²) in [6.07, 6.45) is 3.83. The molecule has 14 heavy (non-hydrogen) atoms. The van der Waals surface area contributed by atoms with Gasteiger partial charge in [0.2, 0.25) is 5.69 Å². The number of hydrogen-bond acceptors (Lipinski definition) is 1. The largest absolute Gasteiger partial charge is 1.00 e. The van der Waals surface area contributed by atoms with Crippen LogP contribution in [0.1, 0.15) is 0 Å². The molecule has 0 saturated heterocycles. The highest BCUT2D eigenvalue weighted by atomic mass is 127. The SMILES string of the molecule is C[n+]1ccccc1-c1ccccn1.[I-]. The fourth-order valence-electron chi connectivity index (χ4n) is 1.30. The van der Waals surface area contributed by atoms with Crippen molar-refractivity contribution in [3.63, 3.8) is 0 Å². The zero-order valence-electron chi connectivity index (χ0n) is 7.89. The molecule has 0 bridgehead atoms. The molecule has 0 fully saturated rings. The minimum Gasteiger partial charge on any atom is -1.00 e. The summed E-state index contributed by atoms with van der Waals surface area (Å²) in [5, 5.41) is 0. The highest BCUT2D eigenvalue weighted by Crippen LogP contribution is 2.09. The number of nitrogens with zero attached hydrogens (tertiary/aromatic N) is 2. The van der Waals surface area contributed by atoms with Crippen LogP contribution in [-0.2, 0) is 7.05 Å². The van der Waals surface area contributed by atoms with Crippen LogP contribution in [0, 0.1) is 0 Å². The Balaban J connectivity index is 0.000000980. The Morgan fingerprint density at radius 2 is 1.86 bits per heavy atom. The Kier molecular flexibility index (Phi) is 4.00. The third-order valence-corrected chi connectivity index (χ3v) is 1.98. The number of rotatable bonds is 1. The lowest BCUT2D eigenvalue weighted by Gasteiger charge is -1.96. The van der Waals surface area contributed by atoms with E-state index in [9.17, 15) is 0 Å². The lowest BCUT2D eigenvalue weighted by Crippen LogP contribution is -3.00. The van der Waals surface area contributed by atoms with Gasteiger partial charge in [0.25, 0.3) is 0 Å². The molecule has 72 valence electrons. The number of aryl methyl sites for hydroxylation is 1. The monoisotopic (exact) mass is 298 g/mol. The van der Waals surface area contributed by atoms with Crippen LogP contribution in [0.25, 0.3) is 11.4 Å². The van der Waals surface area contributed by atoms with Crippen LogP contribution in [0.5, 0.6) is 0 Å². The summed E-state index contributed by atoms with van der Waals surface area (Å²) in [7, 11) is 2.02. The number of hydrogen-bond donors (Lipinski definition) is 0. The maximum Gasteiger partial charge on any atom is 0.230 e. The Labute approximate surface area is 101 Å². The molecule has 0 aromatic carbocycles. The first-order valence-electron chi connectivity index (χ1n) is 4.24. The van der Waals surface area contributed by atoms with E-state index in [1.807, 2.05) is 49.8 Å². The summed E-state index contributed by atoms with van der Waals surface area (Å²) in [5.74, 6) is 0. The average molecular weight is 298 g/mol. The van der Waals surface area contributed by atoms with Gasteiger partial charge in [0.05, 0.1) is 0 Å². The van der Waals surface area contributed by atoms with E-state index in [4.69, 9.17) is 0 Å². The molecule has 0 saturated carbocycles. The zero-order valence-corrected chi connectivity index (χ0v) is 10.0. The third-order valence-electron chi connectivity index (χ3n) is 1.98. The first-order chi connectivity index (χ1) is 6.38. The van der Waals surface area contributed by atoms with E-state index in [0.717, 1.165) is 11.4 Å². The standard InChI is InChI=1S/C11H11N2.HI/c1-13-9-5-3-7-11(13)10-6-2-4-8-12-10;/h2-9H,1H3;1H/q+1;/p-1. The minimum absolute atomic E-state index is 0. The number of pyridine rings is 2. The Bertz CT molecular complexity index is 401. The molecule has 0 radical (unpaired) electrons. The highest BCUT2D eigenvalue weighted by Gasteiger charge is 2.07. The second-order valence-electron chi connectivity index (χ2n) is 2.91. The Morgan fingerprint density at radius 1 is 1.07 bits per heavy atom. The van der Waals surface area contributed by atoms with Crippen LogP contribution >= 0.6 is 0 Å². The second-order valence-corrected chi connectivity index (χ2v) is 2.91. The molecule has 0 spiro atoms. The van der Waals surface area contributed by atoms with Gasteiger partial charge < -0.3 is 24.0 Å². The van der Waals surface area contributed by atoms with Gasteiger partial charge in [-0.2, -0.15) is 4.57 Å². The van der Waals surface area contributed by atoms with Gasteiger partial charge in [-0.3, -0.25) is 0 Å². The molecule has 2 rings (SSSR count). The molecular weight excluding hydrogens is 287 g/mol. The van der Waals surface area contributed by atoms with E-state index in [0.29, 0.717) is 0 Å². The van der Waals surface area contributed by atoms with Crippen molar-refractivity contribution < 1.29 is 28.5 Å². The van der Waals surface area contributed by atoms with Gasteiger partial charge in [0.15, 0.2) is 6.20 Å². The van der Waals surface area contributed by atoms with Gasteiger partial charge >= 0.3 is 0 Å². The zero-order chi connectivity index (χ0) is 9.10. The lowest BCUT2D eigenvalue weighted by atomic mass is 10.2. The summed E-state index contributed by atoms with van der Waals surface area (Å²) in [6, 6.07) is 12.0. The predicted octanol–water partition coefficient (Wildman–Crippen LogP) is -1.42. The van der Waals surface area contributed by atoms with Crippen molar-refractivity contribution in [3.05, 3.63) is 48.8 Å². The normalized spacial score (nSPS) is 9.21. The first kappa shape index (κ1) is 11.1. The average Bonchev–Trinajstić information content (AvgIpc) is 2.20. The third kappa shape index (κ3) is 2.29. The molecule has 2 aromatic heterocycles. The van der Waals surface area contributed by atoms with Crippen LogP contribution in [0.15, 0.2) is 48.8 Å². The molecular formula is C11H11IN2. The van der Waals surface area contributed by atoms with Crippen LogP contribution in [0.2, 0.25) is 0 Å². The van der Waals surface area contributed by atoms with Crippen molar-refractivity contribution in [2.45, 2.75) is 0 Å². The van der Waals surface area contributed by atoms with Gasteiger partial charge in [-0.25, -0.2) is 4.98 Å². The molecule has 0 unspecified atom stereocenters. The molecule has 0 N–H and O–H groups in total. The van der Waals surface area contributed by atoms with Crippen molar-refractivity contribution in [1.29, 1.82) is 0 Å². The Hall–Kier alpha value is -0.970. The number of halogens is 1. The van der Waals surface area contributed by atoms with Crippen molar-refractivity contribution in [2.75, 3.05) is 0 Å². The summed E-state index contributed by atoms with van der Waals surface area (Å²) >= 11 is 0. The second kappa shape index (κ2) is 5.05. The van der Waals surface area contributed by atoms with E-state index >= 15 is 0 Å². The molecule has 0 amide bonds. The van der Waals surface area contributed by atoms with E-state index < -0.39 is 0 Å². The van der Waals surface area contributed by atoms with E-state index in [1.165, 1.54) is 0 Å². The fraction of sp³-hybridized carbons (Fsp3) is 0.0909. The maximum absolute atomic E-state index is 4.29. The van der Waals surface area contributed by atoms with Crippen molar-refractivity contribution in [3.8, 4) is 11.4 Å². The van der Waals surface area contributed by atoms with E-state index in [2.05, 4.69) is 15.6 Å². The Morgan fingerprint density at radius 3 is 2.50 bits per heavy atom.